The number of hydrogen-bond donors (Lipinski definition) is 1. The van der Waals surface area contributed by atoms with Crippen LogP contribution in [0.3, 0.4) is 0 Å². The minimum atomic E-state index is -0.786. The molecule has 1 amide bonds. The van der Waals surface area contributed by atoms with Gasteiger partial charge in [0.2, 0.25) is 0 Å². The number of nitrogens with one attached hydrogen (secondary N) is 1. The molecule has 2 aromatic carbocycles. The molecule has 0 spiro atoms. The summed E-state index contributed by atoms with van der Waals surface area (Å²) in [6.45, 7) is 3.46. The van der Waals surface area contributed by atoms with Crippen molar-refractivity contribution in [1.29, 1.82) is 0 Å². The Kier molecular flexibility index (Phi) is 5.18. The molecule has 1 atom stereocenters. The number of carbonyl (C=O) groups is 1. The van der Waals surface area contributed by atoms with Gasteiger partial charge in [0, 0.05) is 12.1 Å². The van der Waals surface area contributed by atoms with Crippen LogP contribution >= 0.6 is 11.6 Å². The van der Waals surface area contributed by atoms with E-state index < -0.39 is 16.9 Å². The molecule has 0 unspecified atom stereocenters. The number of para-hydroxylation sites is 1. The fourth-order valence-corrected chi connectivity index (χ4v) is 2.05. The largest absolute Gasteiger partial charge is 0.481 e. The third kappa shape index (κ3) is 4.20. The summed E-state index contributed by atoms with van der Waals surface area (Å²) in [7, 11) is 0. The van der Waals surface area contributed by atoms with Gasteiger partial charge in [-0.25, -0.2) is 0 Å². The summed E-state index contributed by atoms with van der Waals surface area (Å²) in [5.41, 5.74) is 0.920. The lowest BCUT2D eigenvalue weighted by molar-refractivity contribution is -0.384. The van der Waals surface area contributed by atoms with E-state index in [1.807, 2.05) is 25.1 Å². The number of nitrogens with zero attached hydrogens (tertiary/aromatic N) is 1. The molecule has 0 fully saturated rings. The highest BCUT2D eigenvalue weighted by atomic mass is 35.5. The number of nitro benzene ring substituents is 1. The van der Waals surface area contributed by atoms with Crippen molar-refractivity contribution in [2.45, 2.75) is 20.0 Å². The van der Waals surface area contributed by atoms with E-state index in [1.165, 1.54) is 18.2 Å². The first-order chi connectivity index (χ1) is 10.9. The van der Waals surface area contributed by atoms with Crippen molar-refractivity contribution in [3.63, 3.8) is 0 Å². The van der Waals surface area contributed by atoms with Gasteiger partial charge in [-0.15, -0.1) is 0 Å². The van der Waals surface area contributed by atoms with E-state index in [2.05, 4.69) is 5.32 Å². The van der Waals surface area contributed by atoms with Gasteiger partial charge < -0.3 is 10.1 Å². The highest BCUT2D eigenvalue weighted by Crippen LogP contribution is 2.27. The summed E-state index contributed by atoms with van der Waals surface area (Å²) >= 11 is 5.96. The summed E-state index contributed by atoms with van der Waals surface area (Å²) in [5, 5.41) is 13.5. The van der Waals surface area contributed by atoms with E-state index in [0.717, 1.165) is 5.56 Å². The van der Waals surface area contributed by atoms with Gasteiger partial charge in [0.25, 0.3) is 11.6 Å². The average Bonchev–Trinajstić information content (AvgIpc) is 2.51. The highest BCUT2D eigenvalue weighted by molar-refractivity contribution is 6.33. The number of aryl methyl sites for hydroxylation is 1. The third-order valence-electron chi connectivity index (χ3n) is 3.19. The van der Waals surface area contributed by atoms with E-state index in [0.29, 0.717) is 5.75 Å². The van der Waals surface area contributed by atoms with Gasteiger partial charge in [0.05, 0.1) is 15.6 Å². The molecular formula is C16H15ClN2O4. The van der Waals surface area contributed by atoms with Gasteiger partial charge in [0.15, 0.2) is 6.10 Å². The molecule has 23 heavy (non-hydrogen) atoms. The Bertz CT molecular complexity index is 749. The molecule has 2 aromatic rings. The van der Waals surface area contributed by atoms with Crippen molar-refractivity contribution in [1.82, 2.24) is 0 Å². The van der Waals surface area contributed by atoms with Crippen LogP contribution in [-0.4, -0.2) is 16.9 Å². The van der Waals surface area contributed by atoms with Crippen LogP contribution in [0.2, 0.25) is 5.02 Å². The van der Waals surface area contributed by atoms with Gasteiger partial charge in [-0.3, -0.25) is 14.9 Å². The summed E-state index contributed by atoms with van der Waals surface area (Å²) in [6.07, 6.45) is -0.786. The Labute approximate surface area is 138 Å². The Hall–Kier alpha value is -2.60. The van der Waals surface area contributed by atoms with E-state index >= 15 is 0 Å². The Balaban J connectivity index is 2.11. The van der Waals surface area contributed by atoms with Crippen molar-refractivity contribution < 1.29 is 14.5 Å². The SMILES string of the molecule is Cc1ccccc1O[C@@H](C)C(=O)Nc1cc([N+](=O)[O-])ccc1Cl. The van der Waals surface area contributed by atoms with Crippen LogP contribution in [0, 0.1) is 17.0 Å². The van der Waals surface area contributed by atoms with Crippen molar-refractivity contribution in [3.8, 4) is 5.75 Å². The van der Waals surface area contributed by atoms with Crippen LogP contribution < -0.4 is 10.1 Å². The van der Waals surface area contributed by atoms with Crippen molar-refractivity contribution >= 4 is 28.9 Å². The molecular weight excluding hydrogens is 320 g/mol. The van der Waals surface area contributed by atoms with Crippen molar-refractivity contribution in [3.05, 3.63) is 63.2 Å². The van der Waals surface area contributed by atoms with Crippen LogP contribution in [0.25, 0.3) is 0 Å². The van der Waals surface area contributed by atoms with E-state index in [-0.39, 0.29) is 16.4 Å². The zero-order valence-electron chi connectivity index (χ0n) is 12.6. The van der Waals surface area contributed by atoms with Crippen LogP contribution in [0.5, 0.6) is 5.75 Å². The maximum Gasteiger partial charge on any atom is 0.271 e. The molecule has 0 radical (unpaired) electrons. The van der Waals surface area contributed by atoms with Gasteiger partial charge in [0.1, 0.15) is 5.75 Å². The zero-order chi connectivity index (χ0) is 17.0. The zero-order valence-corrected chi connectivity index (χ0v) is 13.3. The number of halogens is 1. The Morgan fingerprint density at radius 1 is 1.30 bits per heavy atom. The van der Waals surface area contributed by atoms with Crippen LogP contribution in [0.15, 0.2) is 42.5 Å². The highest BCUT2D eigenvalue weighted by Gasteiger charge is 2.18. The lowest BCUT2D eigenvalue weighted by Crippen LogP contribution is -2.30. The second-order valence-electron chi connectivity index (χ2n) is 4.94. The molecule has 0 aromatic heterocycles. The standard InChI is InChI=1S/C16H15ClN2O4/c1-10-5-3-4-6-15(10)23-11(2)16(20)18-14-9-12(19(21)22)7-8-13(14)17/h3-9,11H,1-2H3,(H,18,20)/t11-/m0/s1. The lowest BCUT2D eigenvalue weighted by atomic mass is 10.2. The molecule has 0 bridgehead atoms. The predicted octanol–water partition coefficient (Wildman–Crippen LogP) is 3.96. The Morgan fingerprint density at radius 3 is 2.65 bits per heavy atom. The minimum absolute atomic E-state index is 0.155. The molecule has 0 saturated heterocycles. The summed E-state index contributed by atoms with van der Waals surface area (Å²) in [6, 6.07) is 11.2. The van der Waals surface area contributed by atoms with E-state index in [1.54, 1.807) is 13.0 Å². The molecule has 0 saturated carbocycles. The van der Waals surface area contributed by atoms with Gasteiger partial charge in [-0.2, -0.15) is 0 Å². The fourth-order valence-electron chi connectivity index (χ4n) is 1.89. The second kappa shape index (κ2) is 7.11. The quantitative estimate of drug-likeness (QED) is 0.662. The third-order valence-corrected chi connectivity index (χ3v) is 3.51. The topological polar surface area (TPSA) is 81.5 Å². The van der Waals surface area contributed by atoms with Crippen LogP contribution in [0.1, 0.15) is 12.5 Å². The number of hydrogen-bond acceptors (Lipinski definition) is 4. The number of rotatable bonds is 5. The monoisotopic (exact) mass is 334 g/mol. The first-order valence-corrected chi connectivity index (χ1v) is 7.23. The summed E-state index contributed by atoms with van der Waals surface area (Å²) in [5.74, 6) is 0.149. The second-order valence-corrected chi connectivity index (χ2v) is 5.34. The van der Waals surface area contributed by atoms with Crippen molar-refractivity contribution in [2.75, 3.05) is 5.32 Å². The maximum atomic E-state index is 12.2. The molecule has 0 aliphatic heterocycles. The van der Waals surface area contributed by atoms with Crippen LogP contribution in [-0.2, 0) is 4.79 Å². The summed E-state index contributed by atoms with van der Waals surface area (Å²) < 4.78 is 5.61. The number of benzene rings is 2. The van der Waals surface area contributed by atoms with E-state index in [9.17, 15) is 14.9 Å². The van der Waals surface area contributed by atoms with Gasteiger partial charge >= 0.3 is 0 Å². The molecule has 2 rings (SSSR count). The average molecular weight is 335 g/mol. The maximum absolute atomic E-state index is 12.2. The lowest BCUT2D eigenvalue weighted by Gasteiger charge is -2.16. The number of nitro groups is 1. The number of ether oxygens (including phenoxy) is 1. The number of amides is 1. The first kappa shape index (κ1) is 16.8. The molecule has 7 heteroatoms. The number of anilines is 1. The van der Waals surface area contributed by atoms with E-state index in [4.69, 9.17) is 16.3 Å². The van der Waals surface area contributed by atoms with Gasteiger partial charge in [-0.1, -0.05) is 29.8 Å². The normalized spacial score (nSPS) is 11.6. The molecule has 0 heterocycles. The molecule has 0 aliphatic carbocycles. The minimum Gasteiger partial charge on any atom is -0.481 e. The van der Waals surface area contributed by atoms with Gasteiger partial charge in [-0.05, 0) is 31.5 Å². The molecule has 0 aliphatic rings. The molecule has 6 nitrogen and oxygen atoms in total. The number of carbonyl (C=O) groups excluding carboxylic acids is 1. The summed E-state index contributed by atoms with van der Waals surface area (Å²) in [4.78, 5) is 22.4. The molecule has 1 N–H and O–H groups in total. The predicted molar refractivity (Wildman–Crippen MR) is 88.0 cm³/mol. The Morgan fingerprint density at radius 2 is 2.00 bits per heavy atom. The smallest absolute Gasteiger partial charge is 0.271 e. The first-order valence-electron chi connectivity index (χ1n) is 6.85. The number of non-ortho nitro benzene ring substituents is 1. The fraction of sp³-hybridized carbons (Fsp3) is 0.188. The van der Waals surface area contributed by atoms with Crippen molar-refractivity contribution in [2.24, 2.45) is 0 Å². The molecule has 120 valence electrons. The van der Waals surface area contributed by atoms with Crippen LogP contribution in [0.4, 0.5) is 11.4 Å².